The van der Waals surface area contributed by atoms with Gasteiger partial charge in [-0.15, -0.1) is 10.2 Å². The van der Waals surface area contributed by atoms with Gasteiger partial charge in [0.15, 0.2) is 5.82 Å². The van der Waals surface area contributed by atoms with E-state index in [1.807, 2.05) is 13.0 Å². The maximum absolute atomic E-state index is 11.5. The van der Waals surface area contributed by atoms with E-state index < -0.39 is 9.05 Å². The van der Waals surface area contributed by atoms with Crippen LogP contribution in [0.2, 0.25) is 0 Å². The summed E-state index contributed by atoms with van der Waals surface area (Å²) in [7, 11) is 1.39. The first kappa shape index (κ1) is 14.0. The Bertz CT molecular complexity index is 655. The van der Waals surface area contributed by atoms with Crippen molar-refractivity contribution in [1.29, 1.82) is 0 Å². The molecular formula is C11H12ClN3O3S. The molecule has 0 unspecified atom stereocenters. The monoisotopic (exact) mass is 301 g/mol. The molecule has 0 radical (unpaired) electrons. The van der Waals surface area contributed by atoms with Crippen LogP contribution in [0.1, 0.15) is 12.7 Å². The van der Waals surface area contributed by atoms with Crippen molar-refractivity contribution < 1.29 is 13.2 Å². The molecule has 8 heteroatoms. The summed E-state index contributed by atoms with van der Waals surface area (Å²) in [5.74, 6) is 0.382. The first-order valence-corrected chi connectivity index (χ1v) is 7.87. The fourth-order valence-electron chi connectivity index (χ4n) is 1.58. The van der Waals surface area contributed by atoms with Crippen LogP contribution in [-0.4, -0.2) is 29.8 Å². The van der Waals surface area contributed by atoms with Gasteiger partial charge in [0, 0.05) is 23.0 Å². The van der Waals surface area contributed by atoms with E-state index >= 15 is 0 Å². The normalized spacial score (nSPS) is 11.7. The predicted molar refractivity (Wildman–Crippen MR) is 69.7 cm³/mol. The van der Waals surface area contributed by atoms with Crippen LogP contribution in [-0.2, 0) is 20.4 Å². The Hall–Kier alpha value is -1.44. The average Bonchev–Trinajstić information content (AvgIpc) is 2.81. The quantitative estimate of drug-likeness (QED) is 0.786. The van der Waals surface area contributed by atoms with Gasteiger partial charge in [-0.3, -0.25) is 4.57 Å². The Morgan fingerprint density at radius 2 is 1.95 bits per heavy atom. The number of nitrogens with zero attached hydrogens (tertiary/aromatic N) is 3. The summed E-state index contributed by atoms with van der Waals surface area (Å²) in [5.41, 5.74) is 0.612. The minimum absolute atomic E-state index is 0.158. The fraction of sp³-hybridized carbons (Fsp3) is 0.273. The van der Waals surface area contributed by atoms with Crippen molar-refractivity contribution >= 4 is 19.7 Å². The van der Waals surface area contributed by atoms with Gasteiger partial charge in [-0.2, -0.15) is 0 Å². The van der Waals surface area contributed by atoms with E-state index in [2.05, 4.69) is 10.2 Å². The van der Waals surface area contributed by atoms with Gasteiger partial charge in [-0.05, 0) is 19.1 Å². The molecule has 1 aromatic carbocycles. The van der Waals surface area contributed by atoms with E-state index in [1.54, 1.807) is 24.3 Å². The van der Waals surface area contributed by atoms with E-state index in [9.17, 15) is 8.42 Å². The standard InChI is InChI=1S/C11H12ClN3O3S/c1-2-18-8-10-13-14-11(19(12,16)17)15(10)9-6-4-3-5-7-9/h3-7H,2,8H2,1H3. The van der Waals surface area contributed by atoms with Crippen LogP contribution >= 0.6 is 10.7 Å². The van der Waals surface area contributed by atoms with E-state index in [0.29, 0.717) is 18.1 Å². The summed E-state index contributed by atoms with van der Waals surface area (Å²) in [6.45, 7) is 2.48. The van der Waals surface area contributed by atoms with E-state index in [4.69, 9.17) is 15.4 Å². The molecule has 1 heterocycles. The molecule has 2 rings (SSSR count). The smallest absolute Gasteiger partial charge is 0.297 e. The van der Waals surface area contributed by atoms with Crippen LogP contribution in [0.4, 0.5) is 0 Å². The van der Waals surface area contributed by atoms with Crippen molar-refractivity contribution in [3.63, 3.8) is 0 Å². The molecule has 0 amide bonds. The fourth-order valence-corrected chi connectivity index (χ4v) is 2.45. The van der Waals surface area contributed by atoms with Gasteiger partial charge in [0.2, 0.25) is 0 Å². The van der Waals surface area contributed by atoms with E-state index in [0.717, 1.165) is 0 Å². The molecule has 0 bridgehead atoms. The third kappa shape index (κ3) is 3.12. The predicted octanol–water partition coefficient (Wildman–Crippen LogP) is 1.73. The van der Waals surface area contributed by atoms with Gasteiger partial charge < -0.3 is 4.74 Å². The van der Waals surface area contributed by atoms with E-state index in [1.165, 1.54) is 4.57 Å². The molecule has 0 aliphatic rings. The number of para-hydroxylation sites is 1. The summed E-state index contributed by atoms with van der Waals surface area (Å²) >= 11 is 0. The van der Waals surface area contributed by atoms with Crippen molar-refractivity contribution in [2.75, 3.05) is 6.61 Å². The van der Waals surface area contributed by atoms with Gasteiger partial charge in [0.1, 0.15) is 6.61 Å². The van der Waals surface area contributed by atoms with Crippen LogP contribution in [0.25, 0.3) is 5.69 Å². The maximum Gasteiger partial charge on any atom is 0.297 e. The van der Waals surface area contributed by atoms with Crippen LogP contribution < -0.4 is 0 Å². The summed E-state index contributed by atoms with van der Waals surface area (Å²) < 4.78 is 29.7. The van der Waals surface area contributed by atoms with E-state index in [-0.39, 0.29) is 11.8 Å². The number of hydrogen-bond donors (Lipinski definition) is 0. The highest BCUT2D eigenvalue weighted by Gasteiger charge is 2.23. The molecule has 1 aromatic heterocycles. The van der Waals surface area contributed by atoms with Gasteiger partial charge in [-0.1, -0.05) is 18.2 Å². The average molecular weight is 302 g/mol. The minimum Gasteiger partial charge on any atom is -0.374 e. The zero-order valence-corrected chi connectivity index (χ0v) is 11.7. The Morgan fingerprint density at radius 1 is 1.26 bits per heavy atom. The topological polar surface area (TPSA) is 74.1 Å². The minimum atomic E-state index is -3.98. The highest BCUT2D eigenvalue weighted by atomic mass is 35.7. The van der Waals surface area contributed by atoms with Crippen molar-refractivity contribution in [3.05, 3.63) is 36.2 Å². The molecule has 0 N–H and O–H groups in total. The molecule has 0 fully saturated rings. The number of benzene rings is 1. The third-order valence-electron chi connectivity index (χ3n) is 2.37. The molecular weight excluding hydrogens is 290 g/mol. The summed E-state index contributed by atoms with van der Waals surface area (Å²) in [6.07, 6.45) is 0. The molecule has 0 atom stereocenters. The van der Waals surface area contributed by atoms with Crippen molar-refractivity contribution in [2.24, 2.45) is 0 Å². The maximum atomic E-state index is 11.5. The summed E-state index contributed by atoms with van der Waals surface area (Å²) in [6, 6.07) is 8.87. The Balaban J connectivity index is 2.57. The summed E-state index contributed by atoms with van der Waals surface area (Å²) in [4.78, 5) is 0. The van der Waals surface area contributed by atoms with Crippen molar-refractivity contribution in [1.82, 2.24) is 14.8 Å². The van der Waals surface area contributed by atoms with Gasteiger partial charge in [0.05, 0.1) is 0 Å². The molecule has 0 saturated carbocycles. The highest BCUT2D eigenvalue weighted by Crippen LogP contribution is 2.20. The second kappa shape index (κ2) is 5.68. The first-order chi connectivity index (χ1) is 9.04. The van der Waals surface area contributed by atoms with Crippen LogP contribution in [0.3, 0.4) is 0 Å². The molecule has 0 aliphatic heterocycles. The number of aromatic nitrogens is 3. The van der Waals surface area contributed by atoms with Crippen molar-refractivity contribution in [3.8, 4) is 5.69 Å². The molecule has 102 valence electrons. The molecule has 19 heavy (non-hydrogen) atoms. The second-order valence-electron chi connectivity index (χ2n) is 3.64. The van der Waals surface area contributed by atoms with Crippen LogP contribution in [0.15, 0.2) is 35.5 Å². The first-order valence-electron chi connectivity index (χ1n) is 5.56. The van der Waals surface area contributed by atoms with Crippen LogP contribution in [0.5, 0.6) is 0 Å². The molecule has 6 nitrogen and oxygen atoms in total. The second-order valence-corrected chi connectivity index (χ2v) is 6.10. The third-order valence-corrected chi connectivity index (χ3v) is 3.48. The van der Waals surface area contributed by atoms with Gasteiger partial charge >= 0.3 is 0 Å². The van der Waals surface area contributed by atoms with Crippen molar-refractivity contribution in [2.45, 2.75) is 18.7 Å². The molecule has 0 spiro atoms. The highest BCUT2D eigenvalue weighted by molar-refractivity contribution is 8.13. The number of ether oxygens (including phenoxy) is 1. The van der Waals surface area contributed by atoms with Gasteiger partial charge in [0.25, 0.3) is 14.2 Å². The Kier molecular flexibility index (Phi) is 4.18. The SMILES string of the molecule is CCOCc1nnc(S(=O)(=O)Cl)n1-c1ccccc1. The Labute approximate surface area is 115 Å². The lowest BCUT2D eigenvalue weighted by Crippen LogP contribution is -2.08. The number of halogens is 1. The molecule has 0 aliphatic carbocycles. The molecule has 2 aromatic rings. The number of rotatable bonds is 5. The summed E-state index contributed by atoms with van der Waals surface area (Å²) in [5, 5.41) is 7.14. The lowest BCUT2D eigenvalue weighted by molar-refractivity contribution is 0.127. The van der Waals surface area contributed by atoms with Gasteiger partial charge in [-0.25, -0.2) is 8.42 Å². The van der Waals surface area contributed by atoms with Crippen LogP contribution in [0, 0.1) is 0 Å². The Morgan fingerprint density at radius 3 is 2.53 bits per heavy atom. The largest absolute Gasteiger partial charge is 0.374 e. The lowest BCUT2D eigenvalue weighted by atomic mass is 10.3. The molecule has 0 saturated heterocycles. The zero-order chi connectivity index (χ0) is 13.9. The zero-order valence-electron chi connectivity index (χ0n) is 10.2. The number of hydrogen-bond acceptors (Lipinski definition) is 5. The lowest BCUT2D eigenvalue weighted by Gasteiger charge is -2.08.